The molecule has 0 radical (unpaired) electrons. The quantitative estimate of drug-likeness (QED) is 0.600. The van der Waals surface area contributed by atoms with E-state index < -0.39 is 11.9 Å². The molecule has 1 aliphatic rings. The highest BCUT2D eigenvalue weighted by molar-refractivity contribution is 6.09. The molecule has 2 aromatic heterocycles. The third-order valence-electron chi connectivity index (χ3n) is 5.57. The lowest BCUT2D eigenvalue weighted by atomic mass is 10.1. The summed E-state index contributed by atoms with van der Waals surface area (Å²) in [6, 6.07) is 11.2. The maximum atomic E-state index is 13.6. The standard InChI is InChI=1S/C24H26N2O5/c1-16-11-12-19(29-2)18(15-16)26(24(28)21-10-6-14-31-21)22(20-9-5-13-30-20)23(27)25-17-7-3-4-8-17/h5-6,9-15,17,22H,3-4,7-8H2,1-2H3,(H,25,27). The van der Waals surface area contributed by atoms with Crippen LogP contribution in [-0.4, -0.2) is 25.0 Å². The van der Waals surface area contributed by atoms with Gasteiger partial charge in [0.25, 0.3) is 11.8 Å². The van der Waals surface area contributed by atoms with Gasteiger partial charge in [-0.25, -0.2) is 0 Å². The number of carbonyl (C=O) groups is 2. The Kier molecular flexibility index (Phi) is 6.11. The number of ether oxygens (including phenoxy) is 1. The molecule has 162 valence electrons. The van der Waals surface area contributed by atoms with Gasteiger partial charge < -0.3 is 18.9 Å². The Labute approximate surface area is 181 Å². The monoisotopic (exact) mass is 422 g/mol. The lowest BCUT2D eigenvalue weighted by molar-refractivity contribution is -0.123. The molecule has 4 rings (SSSR count). The van der Waals surface area contributed by atoms with E-state index in [1.165, 1.54) is 24.5 Å². The number of nitrogens with one attached hydrogen (secondary N) is 1. The van der Waals surface area contributed by atoms with Crippen LogP contribution in [0.2, 0.25) is 0 Å². The number of amides is 2. The molecule has 1 aliphatic carbocycles. The maximum Gasteiger partial charge on any atom is 0.295 e. The summed E-state index contributed by atoms with van der Waals surface area (Å²) >= 11 is 0. The number of aryl methyl sites for hydroxylation is 1. The van der Waals surface area contributed by atoms with Crippen LogP contribution in [0.5, 0.6) is 5.75 Å². The molecule has 1 fully saturated rings. The van der Waals surface area contributed by atoms with Crippen LogP contribution in [0.1, 0.15) is 53.6 Å². The molecule has 3 aromatic rings. The van der Waals surface area contributed by atoms with Crippen LogP contribution in [0.3, 0.4) is 0 Å². The van der Waals surface area contributed by atoms with Crippen LogP contribution in [0, 0.1) is 6.92 Å². The van der Waals surface area contributed by atoms with Crippen molar-refractivity contribution in [1.29, 1.82) is 0 Å². The Bertz CT molecular complexity index is 1020. The first-order valence-electron chi connectivity index (χ1n) is 10.4. The Morgan fingerprint density at radius 2 is 1.84 bits per heavy atom. The first-order chi connectivity index (χ1) is 15.1. The van der Waals surface area contributed by atoms with Gasteiger partial charge in [-0.05, 0) is 61.7 Å². The van der Waals surface area contributed by atoms with Crippen molar-refractivity contribution < 1.29 is 23.2 Å². The fourth-order valence-corrected chi connectivity index (χ4v) is 4.04. The Morgan fingerprint density at radius 1 is 1.10 bits per heavy atom. The van der Waals surface area contributed by atoms with Crippen molar-refractivity contribution in [1.82, 2.24) is 5.32 Å². The molecular weight excluding hydrogens is 396 g/mol. The molecule has 0 saturated heterocycles. The summed E-state index contributed by atoms with van der Waals surface area (Å²) in [6.45, 7) is 1.92. The number of benzene rings is 1. The molecule has 2 amide bonds. The molecule has 1 N–H and O–H groups in total. The van der Waals surface area contributed by atoms with Gasteiger partial charge in [-0.3, -0.25) is 14.5 Å². The number of methoxy groups -OCH3 is 1. The first kappa shape index (κ1) is 20.8. The predicted octanol–water partition coefficient (Wildman–Crippen LogP) is 4.64. The lowest BCUT2D eigenvalue weighted by Crippen LogP contribution is -2.46. The molecule has 1 atom stereocenters. The molecule has 1 unspecified atom stereocenters. The molecule has 7 nitrogen and oxygen atoms in total. The lowest BCUT2D eigenvalue weighted by Gasteiger charge is -2.31. The van der Waals surface area contributed by atoms with E-state index in [9.17, 15) is 9.59 Å². The van der Waals surface area contributed by atoms with E-state index >= 15 is 0 Å². The van der Waals surface area contributed by atoms with Crippen molar-refractivity contribution in [2.45, 2.75) is 44.7 Å². The van der Waals surface area contributed by atoms with Crippen LogP contribution in [0.4, 0.5) is 5.69 Å². The average molecular weight is 422 g/mol. The molecule has 2 heterocycles. The molecule has 1 saturated carbocycles. The van der Waals surface area contributed by atoms with Crippen molar-refractivity contribution in [3.8, 4) is 5.75 Å². The number of nitrogens with zero attached hydrogens (tertiary/aromatic N) is 1. The third kappa shape index (κ3) is 4.35. The van der Waals surface area contributed by atoms with Gasteiger partial charge in [0.1, 0.15) is 11.5 Å². The zero-order chi connectivity index (χ0) is 21.8. The minimum absolute atomic E-state index is 0.0879. The molecule has 7 heteroatoms. The zero-order valence-corrected chi connectivity index (χ0v) is 17.7. The summed E-state index contributed by atoms with van der Waals surface area (Å²) < 4.78 is 16.6. The van der Waals surface area contributed by atoms with E-state index in [4.69, 9.17) is 13.6 Å². The molecule has 1 aromatic carbocycles. The van der Waals surface area contributed by atoms with Crippen LogP contribution >= 0.6 is 0 Å². The molecule has 31 heavy (non-hydrogen) atoms. The predicted molar refractivity (Wildman–Crippen MR) is 115 cm³/mol. The highest BCUT2D eigenvalue weighted by Crippen LogP contribution is 2.37. The second-order valence-corrected chi connectivity index (χ2v) is 7.74. The smallest absolute Gasteiger partial charge is 0.295 e. The zero-order valence-electron chi connectivity index (χ0n) is 17.7. The molecular formula is C24H26N2O5. The number of hydrogen-bond acceptors (Lipinski definition) is 5. The van der Waals surface area contributed by atoms with E-state index in [2.05, 4.69) is 5.32 Å². The van der Waals surface area contributed by atoms with Crippen molar-refractivity contribution in [3.05, 3.63) is 72.1 Å². The van der Waals surface area contributed by atoms with Crippen molar-refractivity contribution >= 4 is 17.5 Å². The summed E-state index contributed by atoms with van der Waals surface area (Å²) in [5.74, 6) is 0.186. The van der Waals surface area contributed by atoms with E-state index in [0.717, 1.165) is 31.2 Å². The fourth-order valence-electron chi connectivity index (χ4n) is 4.04. The van der Waals surface area contributed by atoms with Crippen molar-refractivity contribution in [2.24, 2.45) is 0 Å². The topological polar surface area (TPSA) is 84.9 Å². The van der Waals surface area contributed by atoms with Gasteiger partial charge >= 0.3 is 0 Å². The summed E-state index contributed by atoms with van der Waals surface area (Å²) in [5, 5.41) is 3.11. The number of furan rings is 2. The minimum Gasteiger partial charge on any atom is -0.495 e. The summed E-state index contributed by atoms with van der Waals surface area (Å²) in [4.78, 5) is 28.6. The van der Waals surface area contributed by atoms with Crippen LogP contribution in [-0.2, 0) is 4.79 Å². The SMILES string of the molecule is COc1ccc(C)cc1N(C(=O)c1ccco1)C(C(=O)NC1CCCC1)c1ccco1. The Balaban J connectivity index is 1.83. The van der Waals surface area contributed by atoms with Gasteiger partial charge in [-0.1, -0.05) is 18.9 Å². The van der Waals surface area contributed by atoms with Gasteiger partial charge in [0.05, 0.1) is 25.3 Å². The molecule has 0 spiro atoms. The van der Waals surface area contributed by atoms with E-state index in [1.54, 1.807) is 30.3 Å². The normalized spacial score (nSPS) is 14.9. The summed E-state index contributed by atoms with van der Waals surface area (Å²) in [5.41, 5.74) is 1.38. The van der Waals surface area contributed by atoms with Crippen molar-refractivity contribution in [3.63, 3.8) is 0 Å². The molecule has 0 aliphatic heterocycles. The number of carbonyl (C=O) groups excluding carboxylic acids is 2. The maximum absolute atomic E-state index is 13.6. The van der Waals surface area contributed by atoms with Gasteiger partial charge in [-0.15, -0.1) is 0 Å². The van der Waals surface area contributed by atoms with Crippen LogP contribution in [0.25, 0.3) is 0 Å². The van der Waals surface area contributed by atoms with E-state index in [-0.39, 0.29) is 17.7 Å². The number of anilines is 1. The van der Waals surface area contributed by atoms with Gasteiger partial charge in [0, 0.05) is 6.04 Å². The minimum atomic E-state index is -1.02. The second-order valence-electron chi connectivity index (χ2n) is 7.74. The van der Waals surface area contributed by atoms with Crippen molar-refractivity contribution in [2.75, 3.05) is 12.0 Å². The van der Waals surface area contributed by atoms with Crippen LogP contribution in [0.15, 0.2) is 63.8 Å². The van der Waals surface area contributed by atoms with Gasteiger partial charge in [0.15, 0.2) is 11.8 Å². The summed E-state index contributed by atoms with van der Waals surface area (Å²) in [7, 11) is 1.53. The second kappa shape index (κ2) is 9.12. The summed E-state index contributed by atoms with van der Waals surface area (Å²) in [6.07, 6.45) is 6.94. The fraction of sp³-hybridized carbons (Fsp3) is 0.333. The molecule has 0 bridgehead atoms. The van der Waals surface area contributed by atoms with Crippen LogP contribution < -0.4 is 15.0 Å². The average Bonchev–Trinajstić information content (AvgIpc) is 3.55. The Morgan fingerprint density at radius 3 is 2.48 bits per heavy atom. The number of hydrogen-bond donors (Lipinski definition) is 1. The third-order valence-corrected chi connectivity index (χ3v) is 5.57. The Hall–Kier alpha value is -3.48. The highest BCUT2D eigenvalue weighted by atomic mass is 16.5. The first-order valence-corrected chi connectivity index (χ1v) is 10.4. The number of rotatable bonds is 7. The van der Waals surface area contributed by atoms with Gasteiger partial charge in [-0.2, -0.15) is 0 Å². The van der Waals surface area contributed by atoms with E-state index in [0.29, 0.717) is 17.2 Å². The largest absolute Gasteiger partial charge is 0.495 e. The van der Waals surface area contributed by atoms with E-state index in [1.807, 2.05) is 19.1 Å². The van der Waals surface area contributed by atoms with Gasteiger partial charge in [0.2, 0.25) is 0 Å². The highest BCUT2D eigenvalue weighted by Gasteiger charge is 2.38.